The Labute approximate surface area is 165 Å². The maximum atomic E-state index is 12.4. The van der Waals surface area contributed by atoms with E-state index >= 15 is 0 Å². The Hall–Kier alpha value is -2.67. The predicted octanol–water partition coefficient (Wildman–Crippen LogP) is 2.70. The normalized spacial score (nSPS) is 15.0. The number of aryl methyl sites for hydroxylation is 1. The molecule has 7 heteroatoms. The fourth-order valence-corrected chi connectivity index (χ4v) is 4.69. The standard InChI is InChI=1S/C21H24N2O4S/c1-15(2)17-11-9-16(10-12-17)6-5-13-22-20(24)14-23-21(25)18-7-3-4-8-19(18)28(23,26)27/h3-4,7-12,15H,5-6,13-14H2,1-2H3,(H,22,24). The largest absolute Gasteiger partial charge is 0.355 e. The number of fused-ring (bicyclic) bond motifs is 1. The van der Waals surface area contributed by atoms with E-state index in [-0.39, 0.29) is 10.5 Å². The van der Waals surface area contributed by atoms with Gasteiger partial charge in [-0.1, -0.05) is 50.2 Å². The van der Waals surface area contributed by atoms with E-state index in [0.29, 0.717) is 16.8 Å². The van der Waals surface area contributed by atoms with Crippen LogP contribution in [0.4, 0.5) is 0 Å². The summed E-state index contributed by atoms with van der Waals surface area (Å²) in [5.74, 6) is -0.653. The first-order valence-corrected chi connectivity index (χ1v) is 10.8. The topological polar surface area (TPSA) is 83.6 Å². The Morgan fingerprint density at radius 2 is 1.75 bits per heavy atom. The van der Waals surface area contributed by atoms with Gasteiger partial charge in [0.25, 0.3) is 15.9 Å². The maximum Gasteiger partial charge on any atom is 0.269 e. The molecule has 2 amide bonds. The number of hydrogen-bond donors (Lipinski definition) is 1. The molecule has 148 valence electrons. The third kappa shape index (κ3) is 4.09. The van der Waals surface area contributed by atoms with Crippen molar-refractivity contribution in [2.45, 2.75) is 37.5 Å². The average Bonchev–Trinajstić information content (AvgIpc) is 2.87. The number of amides is 2. The summed E-state index contributed by atoms with van der Waals surface area (Å²) in [6, 6.07) is 14.4. The SMILES string of the molecule is CC(C)c1ccc(CCCNC(=O)CN2C(=O)c3ccccc3S2(=O)=O)cc1. The van der Waals surface area contributed by atoms with Gasteiger partial charge in [-0.15, -0.1) is 0 Å². The van der Waals surface area contributed by atoms with Crippen molar-refractivity contribution in [1.82, 2.24) is 9.62 Å². The van der Waals surface area contributed by atoms with Crippen LogP contribution in [0.5, 0.6) is 0 Å². The summed E-state index contributed by atoms with van der Waals surface area (Å²) >= 11 is 0. The third-order valence-electron chi connectivity index (χ3n) is 4.81. The van der Waals surface area contributed by atoms with Gasteiger partial charge in [-0.2, -0.15) is 0 Å². The number of nitrogens with one attached hydrogen (secondary N) is 1. The molecule has 0 aromatic heterocycles. The van der Waals surface area contributed by atoms with E-state index < -0.39 is 28.4 Å². The Balaban J connectivity index is 1.49. The summed E-state index contributed by atoms with van der Waals surface area (Å²) in [5.41, 5.74) is 2.58. The van der Waals surface area contributed by atoms with Crippen molar-refractivity contribution in [2.24, 2.45) is 0 Å². The summed E-state index contributed by atoms with van der Waals surface area (Å²) in [4.78, 5) is 24.4. The first-order chi connectivity index (χ1) is 13.3. The van der Waals surface area contributed by atoms with Crippen LogP contribution in [0.1, 0.15) is 47.7 Å². The quantitative estimate of drug-likeness (QED) is 0.725. The number of carbonyl (C=O) groups is 2. The monoisotopic (exact) mass is 400 g/mol. The van der Waals surface area contributed by atoms with E-state index in [9.17, 15) is 18.0 Å². The van der Waals surface area contributed by atoms with Crippen LogP contribution in [0.25, 0.3) is 0 Å². The van der Waals surface area contributed by atoms with Crippen LogP contribution in [0.15, 0.2) is 53.4 Å². The Morgan fingerprint density at radius 3 is 2.39 bits per heavy atom. The van der Waals surface area contributed by atoms with E-state index in [1.165, 1.54) is 23.3 Å². The van der Waals surface area contributed by atoms with Gasteiger partial charge >= 0.3 is 0 Å². The Bertz CT molecular complexity index is 982. The molecule has 0 atom stereocenters. The summed E-state index contributed by atoms with van der Waals surface area (Å²) in [7, 11) is -3.95. The summed E-state index contributed by atoms with van der Waals surface area (Å²) in [5, 5.41) is 2.70. The van der Waals surface area contributed by atoms with Crippen LogP contribution in [0.2, 0.25) is 0 Å². The second kappa shape index (κ2) is 8.14. The molecular weight excluding hydrogens is 376 g/mol. The number of rotatable bonds is 7. The molecule has 1 aliphatic heterocycles. The van der Waals surface area contributed by atoms with Crippen molar-refractivity contribution in [3.8, 4) is 0 Å². The van der Waals surface area contributed by atoms with E-state index in [4.69, 9.17) is 0 Å². The van der Waals surface area contributed by atoms with Crippen LogP contribution < -0.4 is 5.32 Å². The molecule has 0 saturated carbocycles. The average molecular weight is 401 g/mol. The molecule has 0 radical (unpaired) electrons. The zero-order valence-corrected chi connectivity index (χ0v) is 16.8. The van der Waals surface area contributed by atoms with Crippen LogP contribution >= 0.6 is 0 Å². The van der Waals surface area contributed by atoms with Gasteiger partial charge in [0, 0.05) is 6.54 Å². The van der Waals surface area contributed by atoms with Gasteiger partial charge in [-0.05, 0) is 42.0 Å². The van der Waals surface area contributed by atoms with E-state index in [1.807, 2.05) is 0 Å². The lowest BCUT2D eigenvalue weighted by atomic mass is 10.0. The number of carbonyl (C=O) groups excluding carboxylic acids is 2. The lowest BCUT2D eigenvalue weighted by Gasteiger charge is -2.14. The highest BCUT2D eigenvalue weighted by molar-refractivity contribution is 7.90. The highest BCUT2D eigenvalue weighted by atomic mass is 32.2. The van der Waals surface area contributed by atoms with Crippen molar-refractivity contribution < 1.29 is 18.0 Å². The van der Waals surface area contributed by atoms with Gasteiger partial charge < -0.3 is 5.32 Å². The molecule has 2 aromatic carbocycles. The highest BCUT2D eigenvalue weighted by Crippen LogP contribution is 2.29. The minimum atomic E-state index is -3.95. The van der Waals surface area contributed by atoms with Gasteiger partial charge in [0.1, 0.15) is 11.4 Å². The summed E-state index contributed by atoms with van der Waals surface area (Å²) in [6.45, 7) is 4.21. The molecule has 0 unspecified atom stereocenters. The smallest absolute Gasteiger partial charge is 0.269 e. The molecule has 1 aliphatic rings. The van der Waals surface area contributed by atoms with Crippen molar-refractivity contribution in [3.63, 3.8) is 0 Å². The van der Waals surface area contributed by atoms with Gasteiger partial charge in [0.05, 0.1) is 5.56 Å². The fraction of sp³-hybridized carbons (Fsp3) is 0.333. The van der Waals surface area contributed by atoms with Gasteiger partial charge in [0.2, 0.25) is 5.91 Å². The van der Waals surface area contributed by atoms with Crippen LogP contribution in [-0.2, 0) is 21.2 Å². The molecule has 2 aromatic rings. The molecular formula is C21H24N2O4S. The molecule has 1 heterocycles. The van der Waals surface area contributed by atoms with Gasteiger partial charge in [-0.25, -0.2) is 12.7 Å². The molecule has 1 N–H and O–H groups in total. The zero-order chi connectivity index (χ0) is 20.3. The van der Waals surface area contributed by atoms with Gasteiger partial charge in [0.15, 0.2) is 0 Å². The Kier molecular flexibility index (Phi) is 5.84. The minimum absolute atomic E-state index is 0.0438. The highest BCUT2D eigenvalue weighted by Gasteiger charge is 2.41. The maximum absolute atomic E-state index is 12.4. The van der Waals surface area contributed by atoms with Crippen molar-refractivity contribution >= 4 is 21.8 Å². The number of hydrogen-bond acceptors (Lipinski definition) is 4. The minimum Gasteiger partial charge on any atom is -0.355 e. The van der Waals surface area contributed by atoms with E-state index in [2.05, 4.69) is 43.4 Å². The molecule has 0 bridgehead atoms. The second-order valence-corrected chi connectivity index (χ2v) is 8.99. The predicted molar refractivity (Wildman–Crippen MR) is 107 cm³/mol. The first-order valence-electron chi connectivity index (χ1n) is 9.32. The van der Waals surface area contributed by atoms with Crippen LogP contribution in [-0.4, -0.2) is 37.6 Å². The van der Waals surface area contributed by atoms with Crippen molar-refractivity contribution in [1.29, 1.82) is 0 Å². The molecule has 0 fully saturated rings. The molecule has 3 rings (SSSR count). The lowest BCUT2D eigenvalue weighted by Crippen LogP contribution is -2.40. The summed E-state index contributed by atoms with van der Waals surface area (Å²) < 4.78 is 25.5. The van der Waals surface area contributed by atoms with Crippen LogP contribution in [0, 0.1) is 0 Å². The van der Waals surface area contributed by atoms with Crippen molar-refractivity contribution in [3.05, 3.63) is 65.2 Å². The molecule has 0 aliphatic carbocycles. The number of nitrogens with zero attached hydrogens (tertiary/aromatic N) is 1. The van der Waals surface area contributed by atoms with Crippen molar-refractivity contribution in [2.75, 3.05) is 13.1 Å². The van der Waals surface area contributed by atoms with E-state index in [0.717, 1.165) is 12.8 Å². The second-order valence-electron chi connectivity index (χ2n) is 7.16. The molecule has 28 heavy (non-hydrogen) atoms. The van der Waals surface area contributed by atoms with Gasteiger partial charge in [-0.3, -0.25) is 9.59 Å². The lowest BCUT2D eigenvalue weighted by molar-refractivity contribution is -0.121. The Morgan fingerprint density at radius 1 is 1.07 bits per heavy atom. The fourth-order valence-electron chi connectivity index (χ4n) is 3.16. The molecule has 0 saturated heterocycles. The number of benzene rings is 2. The molecule has 0 spiro atoms. The molecule has 6 nitrogen and oxygen atoms in total. The third-order valence-corrected chi connectivity index (χ3v) is 6.60. The zero-order valence-electron chi connectivity index (χ0n) is 16.0. The number of sulfonamides is 1. The summed E-state index contributed by atoms with van der Waals surface area (Å²) in [6.07, 6.45) is 1.54. The first kappa shape index (κ1) is 20.1. The van der Waals surface area contributed by atoms with E-state index in [1.54, 1.807) is 12.1 Å². The van der Waals surface area contributed by atoms with Crippen LogP contribution in [0.3, 0.4) is 0 Å².